The molecule has 3 heteroatoms. The highest BCUT2D eigenvalue weighted by Gasteiger charge is 2.24. The second-order valence-electron chi connectivity index (χ2n) is 5.06. The highest BCUT2D eigenvalue weighted by Crippen LogP contribution is 2.27. The Morgan fingerprint density at radius 1 is 1.50 bits per heavy atom. The Morgan fingerprint density at radius 3 is 2.79 bits per heavy atom. The van der Waals surface area contributed by atoms with Crippen molar-refractivity contribution in [3.63, 3.8) is 0 Å². The lowest BCUT2D eigenvalue weighted by Crippen LogP contribution is -2.10. The van der Waals surface area contributed by atoms with Gasteiger partial charge in [-0.25, -0.2) is 0 Å². The van der Waals surface area contributed by atoms with Crippen LogP contribution in [0.4, 0.5) is 0 Å². The third-order valence-electron chi connectivity index (χ3n) is 2.75. The van der Waals surface area contributed by atoms with E-state index in [2.05, 4.69) is 37.3 Å². The van der Waals surface area contributed by atoms with Crippen LogP contribution in [0.1, 0.15) is 44.6 Å². The van der Waals surface area contributed by atoms with E-state index in [-0.39, 0.29) is 5.41 Å². The number of rotatable bonds is 1. The lowest BCUT2D eigenvalue weighted by atomic mass is 9.92. The molecule has 1 N–H and O–H groups in total. The molecule has 14 heavy (non-hydrogen) atoms. The van der Waals surface area contributed by atoms with Gasteiger partial charge in [0.05, 0.1) is 5.69 Å². The average Bonchev–Trinajstić information content (AvgIpc) is 2.73. The molecule has 0 aromatic carbocycles. The summed E-state index contributed by atoms with van der Waals surface area (Å²) in [6.45, 7) is 8.57. The third kappa shape index (κ3) is 1.82. The first kappa shape index (κ1) is 9.71. The van der Waals surface area contributed by atoms with Crippen molar-refractivity contribution in [1.82, 2.24) is 10.5 Å². The van der Waals surface area contributed by atoms with Crippen molar-refractivity contribution in [2.45, 2.75) is 38.5 Å². The molecule has 3 nitrogen and oxygen atoms in total. The second kappa shape index (κ2) is 3.39. The summed E-state index contributed by atoms with van der Waals surface area (Å²) in [6, 6.07) is 2.11. The van der Waals surface area contributed by atoms with Crippen LogP contribution in [0.5, 0.6) is 0 Å². The zero-order valence-corrected chi connectivity index (χ0v) is 9.13. The molecule has 1 fully saturated rings. The lowest BCUT2D eigenvalue weighted by molar-refractivity contribution is 0.324. The van der Waals surface area contributed by atoms with Crippen LogP contribution in [0, 0.1) is 0 Å². The maximum atomic E-state index is 5.36. The van der Waals surface area contributed by atoms with E-state index >= 15 is 0 Å². The van der Waals surface area contributed by atoms with Crippen molar-refractivity contribution >= 4 is 0 Å². The molecule has 2 heterocycles. The van der Waals surface area contributed by atoms with E-state index in [9.17, 15) is 0 Å². The number of nitrogens with zero attached hydrogens (tertiary/aromatic N) is 1. The molecule has 1 aromatic rings. The minimum atomic E-state index is 0.0667. The van der Waals surface area contributed by atoms with Gasteiger partial charge >= 0.3 is 0 Å². The zero-order valence-electron chi connectivity index (χ0n) is 9.13. The van der Waals surface area contributed by atoms with Gasteiger partial charge in [-0.3, -0.25) is 0 Å². The van der Waals surface area contributed by atoms with Crippen LogP contribution in [0.2, 0.25) is 0 Å². The minimum absolute atomic E-state index is 0.0667. The summed E-state index contributed by atoms with van der Waals surface area (Å²) in [5.74, 6) is 1.54. The van der Waals surface area contributed by atoms with Crippen LogP contribution in [0.25, 0.3) is 0 Å². The number of hydrogen-bond acceptors (Lipinski definition) is 3. The summed E-state index contributed by atoms with van der Waals surface area (Å²) >= 11 is 0. The summed E-state index contributed by atoms with van der Waals surface area (Å²) in [4.78, 5) is 0. The summed E-state index contributed by atoms with van der Waals surface area (Å²) in [6.07, 6.45) is 1.18. The molecule has 0 saturated carbocycles. The Kier molecular flexibility index (Phi) is 2.35. The van der Waals surface area contributed by atoms with Gasteiger partial charge in [0.2, 0.25) is 0 Å². The van der Waals surface area contributed by atoms with Crippen LogP contribution in [-0.2, 0) is 5.41 Å². The van der Waals surface area contributed by atoms with E-state index < -0.39 is 0 Å². The summed E-state index contributed by atoms with van der Waals surface area (Å²) in [7, 11) is 0. The predicted molar refractivity (Wildman–Crippen MR) is 55.4 cm³/mol. The average molecular weight is 194 g/mol. The Labute approximate surface area is 84.9 Å². The third-order valence-corrected chi connectivity index (χ3v) is 2.75. The molecule has 0 amide bonds. The fraction of sp³-hybridized carbons (Fsp3) is 0.727. The van der Waals surface area contributed by atoms with Crippen molar-refractivity contribution in [1.29, 1.82) is 0 Å². The maximum absolute atomic E-state index is 5.36. The molecule has 1 unspecified atom stereocenters. The first-order valence-electron chi connectivity index (χ1n) is 5.25. The van der Waals surface area contributed by atoms with Crippen LogP contribution < -0.4 is 5.32 Å². The van der Waals surface area contributed by atoms with E-state index in [1.807, 2.05) is 0 Å². The molecule has 0 bridgehead atoms. The molecule has 1 aliphatic heterocycles. The Bertz CT molecular complexity index is 305. The Hall–Kier alpha value is -0.830. The molecule has 2 rings (SSSR count). The topological polar surface area (TPSA) is 38.1 Å². The van der Waals surface area contributed by atoms with E-state index in [1.165, 1.54) is 6.42 Å². The van der Waals surface area contributed by atoms with Gasteiger partial charge in [0.15, 0.2) is 0 Å². The number of hydrogen-bond donors (Lipinski definition) is 1. The van der Waals surface area contributed by atoms with Crippen molar-refractivity contribution in [3.8, 4) is 0 Å². The van der Waals surface area contributed by atoms with Gasteiger partial charge in [-0.2, -0.15) is 0 Å². The van der Waals surface area contributed by atoms with Crippen LogP contribution >= 0.6 is 0 Å². The quantitative estimate of drug-likeness (QED) is 0.743. The van der Waals surface area contributed by atoms with Gasteiger partial charge in [-0.15, -0.1) is 0 Å². The Balaban J connectivity index is 2.17. The fourth-order valence-electron chi connectivity index (χ4n) is 1.74. The molecular weight excluding hydrogens is 176 g/mol. The van der Waals surface area contributed by atoms with Crippen molar-refractivity contribution in [2.75, 3.05) is 13.1 Å². The van der Waals surface area contributed by atoms with Crippen molar-refractivity contribution < 1.29 is 4.52 Å². The molecule has 1 saturated heterocycles. The van der Waals surface area contributed by atoms with Crippen LogP contribution in [-0.4, -0.2) is 18.2 Å². The predicted octanol–water partition coefficient (Wildman–Crippen LogP) is 2.05. The fourth-order valence-corrected chi connectivity index (χ4v) is 1.74. The van der Waals surface area contributed by atoms with E-state index in [1.54, 1.807) is 0 Å². The van der Waals surface area contributed by atoms with E-state index in [4.69, 9.17) is 4.52 Å². The molecule has 0 radical (unpaired) electrons. The zero-order chi connectivity index (χ0) is 10.2. The number of aromatic nitrogens is 1. The van der Waals surface area contributed by atoms with Gasteiger partial charge in [0.1, 0.15) is 5.76 Å². The molecular formula is C11H18N2O. The molecule has 1 aliphatic rings. The first-order valence-corrected chi connectivity index (χ1v) is 5.25. The van der Waals surface area contributed by atoms with Gasteiger partial charge < -0.3 is 9.84 Å². The molecule has 0 aliphatic carbocycles. The normalized spacial score (nSPS) is 22.9. The standard InChI is InChI=1S/C11H18N2O/c1-11(2,3)10-6-9(13-14-10)8-4-5-12-7-8/h6,8,12H,4-5,7H2,1-3H3. The monoisotopic (exact) mass is 194 g/mol. The highest BCUT2D eigenvalue weighted by molar-refractivity contribution is 5.17. The maximum Gasteiger partial charge on any atom is 0.142 e. The van der Waals surface area contributed by atoms with Crippen molar-refractivity contribution in [3.05, 3.63) is 17.5 Å². The number of nitrogens with one attached hydrogen (secondary N) is 1. The summed E-state index contributed by atoms with van der Waals surface area (Å²) in [5.41, 5.74) is 1.18. The van der Waals surface area contributed by atoms with Crippen molar-refractivity contribution in [2.24, 2.45) is 0 Å². The van der Waals surface area contributed by atoms with Gasteiger partial charge in [0, 0.05) is 23.9 Å². The summed E-state index contributed by atoms with van der Waals surface area (Å²) in [5, 5.41) is 7.49. The smallest absolute Gasteiger partial charge is 0.142 e. The molecule has 1 atom stereocenters. The Morgan fingerprint density at radius 2 is 2.29 bits per heavy atom. The highest BCUT2D eigenvalue weighted by atomic mass is 16.5. The SMILES string of the molecule is CC(C)(C)c1cc(C2CCNC2)no1. The molecule has 78 valence electrons. The molecule has 0 spiro atoms. The summed E-state index contributed by atoms with van der Waals surface area (Å²) < 4.78 is 5.36. The van der Waals surface area contributed by atoms with Gasteiger partial charge in [-0.05, 0) is 13.0 Å². The van der Waals surface area contributed by atoms with Crippen LogP contribution in [0.3, 0.4) is 0 Å². The van der Waals surface area contributed by atoms with Gasteiger partial charge in [-0.1, -0.05) is 25.9 Å². The largest absolute Gasteiger partial charge is 0.361 e. The van der Waals surface area contributed by atoms with Crippen LogP contribution in [0.15, 0.2) is 10.6 Å². The van der Waals surface area contributed by atoms with Gasteiger partial charge in [0.25, 0.3) is 0 Å². The van der Waals surface area contributed by atoms with E-state index in [0.29, 0.717) is 5.92 Å². The second-order valence-corrected chi connectivity index (χ2v) is 5.06. The van der Waals surface area contributed by atoms with E-state index in [0.717, 1.165) is 24.5 Å². The molecule has 1 aromatic heterocycles. The first-order chi connectivity index (χ1) is 6.57. The minimum Gasteiger partial charge on any atom is -0.361 e. The lowest BCUT2D eigenvalue weighted by Gasteiger charge is -2.12.